The molecule has 9 heteroatoms. The van der Waals surface area contributed by atoms with Crippen LogP contribution in [0.1, 0.15) is 34.0 Å². The van der Waals surface area contributed by atoms with Gasteiger partial charge < -0.3 is 19.0 Å². The monoisotopic (exact) mass is 462 g/mol. The molecule has 0 aliphatic heterocycles. The smallest absolute Gasteiger partial charge is 0.306 e. The first-order valence-electron chi connectivity index (χ1n) is 10.4. The minimum absolute atomic E-state index is 0.129. The van der Waals surface area contributed by atoms with Crippen LogP contribution in [0.5, 0.6) is 0 Å². The first-order valence-corrected chi connectivity index (χ1v) is 11.2. The average Bonchev–Trinajstić information content (AvgIpc) is 3.52. The van der Waals surface area contributed by atoms with Gasteiger partial charge in [-0.3, -0.25) is 9.59 Å². The summed E-state index contributed by atoms with van der Waals surface area (Å²) in [5, 5.41) is 13.2. The summed E-state index contributed by atoms with van der Waals surface area (Å²) in [6, 6.07) is 13.5. The number of hydrogen-bond acceptors (Lipinski definition) is 7. The van der Waals surface area contributed by atoms with E-state index in [4.69, 9.17) is 9.15 Å². The third-order valence-corrected chi connectivity index (χ3v) is 6.43. The zero-order valence-electron chi connectivity index (χ0n) is 18.3. The highest BCUT2D eigenvalue weighted by Gasteiger charge is 2.21. The predicted octanol–water partition coefficient (Wildman–Crippen LogP) is 4.34. The number of benzene rings is 1. The maximum Gasteiger partial charge on any atom is 0.306 e. The first kappa shape index (κ1) is 22.3. The van der Waals surface area contributed by atoms with E-state index in [1.54, 1.807) is 16.9 Å². The van der Waals surface area contributed by atoms with Gasteiger partial charge in [0.05, 0.1) is 40.0 Å². The quantitative estimate of drug-likeness (QED) is 0.390. The summed E-state index contributed by atoms with van der Waals surface area (Å²) < 4.78 is 13.4. The molecule has 3 heterocycles. The molecule has 0 saturated carbocycles. The summed E-state index contributed by atoms with van der Waals surface area (Å²) in [7, 11) is 0. The number of rotatable bonds is 8. The number of amides is 1. The molecule has 4 aromatic rings. The van der Waals surface area contributed by atoms with Gasteiger partial charge in [-0.1, -0.05) is 12.1 Å². The number of aromatic nitrogens is 2. The van der Waals surface area contributed by atoms with Gasteiger partial charge in [0.25, 0.3) is 5.91 Å². The van der Waals surface area contributed by atoms with Crippen LogP contribution in [0.4, 0.5) is 5.82 Å². The highest BCUT2D eigenvalue weighted by Crippen LogP contribution is 2.27. The van der Waals surface area contributed by atoms with Crippen molar-refractivity contribution >= 4 is 39.2 Å². The molecule has 0 bridgehead atoms. The lowest BCUT2D eigenvalue weighted by atomic mass is 10.2. The highest BCUT2D eigenvalue weighted by atomic mass is 32.1. The van der Waals surface area contributed by atoms with E-state index in [9.17, 15) is 14.9 Å². The van der Waals surface area contributed by atoms with E-state index in [1.807, 2.05) is 44.2 Å². The van der Waals surface area contributed by atoms with Crippen molar-refractivity contribution < 1.29 is 18.7 Å². The Hall–Kier alpha value is -3.90. The van der Waals surface area contributed by atoms with E-state index in [-0.39, 0.29) is 6.42 Å². The van der Waals surface area contributed by atoms with Crippen molar-refractivity contribution in [3.05, 3.63) is 70.3 Å². The summed E-state index contributed by atoms with van der Waals surface area (Å²) in [4.78, 5) is 29.2. The normalized spacial score (nSPS) is 10.8. The Morgan fingerprint density at radius 2 is 2.06 bits per heavy atom. The molecule has 0 fully saturated rings. The Bertz CT molecular complexity index is 1310. The lowest BCUT2D eigenvalue weighted by Gasteiger charge is -2.12. The molecule has 0 atom stereocenters. The van der Waals surface area contributed by atoms with Gasteiger partial charge in [0.2, 0.25) is 0 Å². The fraction of sp³-hybridized carbons (Fsp3) is 0.250. The molecule has 0 spiro atoms. The van der Waals surface area contributed by atoms with Crippen LogP contribution >= 0.6 is 11.3 Å². The minimum atomic E-state index is -0.516. The Kier molecular flexibility index (Phi) is 6.56. The second-order valence-electron chi connectivity index (χ2n) is 7.50. The first-order chi connectivity index (χ1) is 16.0. The Labute approximate surface area is 194 Å². The van der Waals surface area contributed by atoms with Crippen LogP contribution < -0.4 is 5.32 Å². The van der Waals surface area contributed by atoms with Crippen LogP contribution in [-0.4, -0.2) is 28.0 Å². The number of hydrogen-bond donors (Lipinski definition) is 1. The molecule has 33 heavy (non-hydrogen) atoms. The molecule has 1 N–H and O–H groups in total. The number of furan rings is 1. The van der Waals surface area contributed by atoms with Crippen molar-refractivity contribution in [2.45, 2.75) is 33.2 Å². The van der Waals surface area contributed by atoms with E-state index < -0.39 is 18.5 Å². The molecule has 0 aliphatic carbocycles. The van der Waals surface area contributed by atoms with Gasteiger partial charge in [0.1, 0.15) is 17.6 Å². The number of carbonyl (C=O) groups excluding carboxylic acids is 2. The van der Waals surface area contributed by atoms with Crippen molar-refractivity contribution in [1.82, 2.24) is 9.55 Å². The Morgan fingerprint density at radius 3 is 2.79 bits per heavy atom. The SMILES string of the molecule is Cc1c(C#N)c(NC(=O)COC(=O)CCc2nc3ccccc3s2)n(Cc2ccco2)c1C. The van der Waals surface area contributed by atoms with Crippen molar-refractivity contribution in [2.24, 2.45) is 0 Å². The molecule has 168 valence electrons. The molecule has 1 aromatic carbocycles. The zero-order chi connectivity index (χ0) is 23.4. The van der Waals surface area contributed by atoms with Crippen LogP contribution in [0.3, 0.4) is 0 Å². The molecule has 1 amide bonds. The van der Waals surface area contributed by atoms with E-state index in [0.29, 0.717) is 30.1 Å². The summed E-state index contributed by atoms with van der Waals surface area (Å²) in [6.45, 7) is 3.62. The Morgan fingerprint density at radius 1 is 1.24 bits per heavy atom. The van der Waals surface area contributed by atoms with Crippen LogP contribution in [0.25, 0.3) is 10.2 Å². The van der Waals surface area contributed by atoms with Crippen LogP contribution in [-0.2, 0) is 27.3 Å². The van der Waals surface area contributed by atoms with Crippen molar-refractivity contribution in [2.75, 3.05) is 11.9 Å². The van der Waals surface area contributed by atoms with Gasteiger partial charge in [-0.2, -0.15) is 5.26 Å². The van der Waals surface area contributed by atoms with Gasteiger partial charge in [-0.15, -0.1) is 11.3 Å². The largest absolute Gasteiger partial charge is 0.467 e. The third-order valence-electron chi connectivity index (χ3n) is 5.34. The van der Waals surface area contributed by atoms with Crippen molar-refractivity contribution in [1.29, 1.82) is 5.26 Å². The Balaban J connectivity index is 1.35. The lowest BCUT2D eigenvalue weighted by molar-refractivity contribution is -0.147. The number of thiazole rings is 1. The van der Waals surface area contributed by atoms with E-state index in [2.05, 4.69) is 16.4 Å². The van der Waals surface area contributed by atoms with E-state index >= 15 is 0 Å². The molecule has 8 nitrogen and oxygen atoms in total. The summed E-state index contributed by atoms with van der Waals surface area (Å²) in [6.07, 6.45) is 2.14. The number of nitrogens with zero attached hydrogens (tertiary/aromatic N) is 3. The molecule has 0 aliphatic rings. The van der Waals surface area contributed by atoms with E-state index in [0.717, 1.165) is 26.5 Å². The summed E-state index contributed by atoms with van der Waals surface area (Å²) in [5.41, 5.74) is 2.88. The molecule has 0 saturated heterocycles. The van der Waals surface area contributed by atoms with Gasteiger partial charge in [0.15, 0.2) is 6.61 Å². The fourth-order valence-corrected chi connectivity index (χ4v) is 4.48. The zero-order valence-corrected chi connectivity index (χ0v) is 19.1. The van der Waals surface area contributed by atoms with Gasteiger partial charge >= 0.3 is 5.97 Å². The molecule has 4 rings (SSSR count). The summed E-state index contributed by atoms with van der Waals surface area (Å²) in [5.74, 6) is 0.0510. The number of nitrogens with one attached hydrogen (secondary N) is 1. The second-order valence-corrected chi connectivity index (χ2v) is 8.61. The molecular weight excluding hydrogens is 440 g/mol. The summed E-state index contributed by atoms with van der Waals surface area (Å²) >= 11 is 1.54. The fourth-order valence-electron chi connectivity index (χ4n) is 3.51. The number of anilines is 1. The van der Waals surface area contributed by atoms with Crippen molar-refractivity contribution in [3.8, 4) is 6.07 Å². The van der Waals surface area contributed by atoms with Gasteiger partial charge in [-0.25, -0.2) is 4.98 Å². The number of esters is 1. The van der Waals surface area contributed by atoms with Crippen molar-refractivity contribution in [3.63, 3.8) is 0 Å². The number of nitriles is 1. The maximum atomic E-state index is 12.5. The molecule has 0 radical (unpaired) electrons. The number of fused-ring (bicyclic) bond motifs is 1. The number of ether oxygens (including phenoxy) is 1. The predicted molar refractivity (Wildman–Crippen MR) is 124 cm³/mol. The topological polar surface area (TPSA) is 110 Å². The number of para-hydroxylation sites is 1. The maximum absolute atomic E-state index is 12.5. The number of carbonyl (C=O) groups is 2. The van der Waals surface area contributed by atoms with Crippen LogP contribution in [0.15, 0.2) is 47.1 Å². The molecular formula is C24H22N4O4S. The molecule has 0 unspecified atom stereocenters. The molecule has 3 aromatic heterocycles. The average molecular weight is 463 g/mol. The van der Waals surface area contributed by atoms with Crippen LogP contribution in [0, 0.1) is 25.2 Å². The standard InChI is InChI=1S/C24H22N4O4S/c1-15-16(2)28(13-17-6-5-11-31-17)24(18(15)12-25)27-21(29)14-32-23(30)10-9-22-26-19-7-3-4-8-20(19)33-22/h3-8,11H,9-10,13-14H2,1-2H3,(H,27,29). The highest BCUT2D eigenvalue weighted by molar-refractivity contribution is 7.18. The number of aryl methyl sites for hydroxylation is 1. The minimum Gasteiger partial charge on any atom is -0.467 e. The third kappa shape index (κ3) is 4.96. The lowest BCUT2D eigenvalue weighted by Crippen LogP contribution is -2.23. The second kappa shape index (κ2) is 9.71. The van der Waals surface area contributed by atoms with Crippen LogP contribution in [0.2, 0.25) is 0 Å². The van der Waals surface area contributed by atoms with Gasteiger partial charge in [-0.05, 0) is 43.7 Å². The van der Waals surface area contributed by atoms with Gasteiger partial charge in [0, 0.05) is 12.1 Å². The van der Waals surface area contributed by atoms with E-state index in [1.165, 1.54) is 11.3 Å².